The number of anilines is 1. The molecule has 10 heteroatoms. The van der Waals surface area contributed by atoms with E-state index in [1.54, 1.807) is 36.6 Å². The van der Waals surface area contributed by atoms with Crippen molar-refractivity contribution in [1.29, 1.82) is 0 Å². The zero-order chi connectivity index (χ0) is 18.6. The van der Waals surface area contributed by atoms with E-state index in [9.17, 15) is 14.4 Å². The molecule has 1 aromatic carbocycles. The van der Waals surface area contributed by atoms with Crippen LogP contribution in [-0.2, 0) is 0 Å². The summed E-state index contributed by atoms with van der Waals surface area (Å²) < 4.78 is 0. The van der Waals surface area contributed by atoms with Crippen LogP contribution >= 0.6 is 24.0 Å². The largest absolute Gasteiger partial charge is 0.365 e. The molecule has 0 atom stereocenters. The predicted octanol–water partition coefficient (Wildman–Crippen LogP) is 1.06. The van der Waals surface area contributed by atoms with Crippen molar-refractivity contribution in [3.05, 3.63) is 47.0 Å². The van der Waals surface area contributed by atoms with Gasteiger partial charge in [-0.25, -0.2) is 0 Å². The van der Waals surface area contributed by atoms with Crippen molar-refractivity contribution in [1.82, 2.24) is 10.3 Å². The Bertz CT molecular complexity index is 848. The Morgan fingerprint density at radius 2 is 1.68 bits per heavy atom. The van der Waals surface area contributed by atoms with Crippen LogP contribution in [0.15, 0.2) is 35.4 Å². The van der Waals surface area contributed by atoms with E-state index in [2.05, 4.69) is 15.6 Å². The highest BCUT2D eigenvalue weighted by molar-refractivity contribution is 7.98. The molecule has 7 N–H and O–H groups in total. The number of rotatable bonds is 5. The minimum Gasteiger partial charge on any atom is -0.365 e. The number of aromatic amines is 1. The summed E-state index contributed by atoms with van der Waals surface area (Å²) in [5.41, 5.74) is 10.9. The molecular formula is C15H15N5O3S2. The number of nitrogens with two attached hydrogens (primary N) is 2. The van der Waals surface area contributed by atoms with Crippen LogP contribution < -0.4 is 22.1 Å². The van der Waals surface area contributed by atoms with Crippen molar-refractivity contribution < 1.29 is 14.4 Å². The fourth-order valence-electron chi connectivity index (χ4n) is 2.11. The average Bonchev–Trinajstić information content (AvgIpc) is 2.94. The molecule has 0 fully saturated rings. The molecule has 25 heavy (non-hydrogen) atoms. The van der Waals surface area contributed by atoms with Gasteiger partial charge in [0, 0.05) is 5.56 Å². The van der Waals surface area contributed by atoms with Crippen LogP contribution in [0.2, 0.25) is 0 Å². The lowest BCUT2D eigenvalue weighted by Gasteiger charge is -2.09. The van der Waals surface area contributed by atoms with Crippen LogP contribution in [0.5, 0.6) is 0 Å². The molecule has 130 valence electrons. The Kier molecular flexibility index (Phi) is 5.78. The van der Waals surface area contributed by atoms with Gasteiger partial charge in [0.25, 0.3) is 17.7 Å². The Balaban J connectivity index is 2.25. The van der Waals surface area contributed by atoms with Crippen molar-refractivity contribution in [2.75, 3.05) is 11.6 Å². The van der Waals surface area contributed by atoms with Gasteiger partial charge in [-0.05, 0) is 30.6 Å². The molecule has 0 aliphatic carbocycles. The molecule has 3 amide bonds. The van der Waals surface area contributed by atoms with Gasteiger partial charge in [0.2, 0.25) is 0 Å². The monoisotopic (exact) mass is 377 g/mol. The van der Waals surface area contributed by atoms with E-state index < -0.39 is 17.7 Å². The Morgan fingerprint density at radius 1 is 1.08 bits per heavy atom. The highest BCUT2D eigenvalue weighted by atomic mass is 32.2. The SMILES string of the molecule is CSc1[nH]c(NC(=S)NC(=O)c2ccccc2)c(C(N)=O)c1C(N)=O. The van der Waals surface area contributed by atoms with Gasteiger partial charge in [0.15, 0.2) is 5.11 Å². The number of thioether (sulfide) groups is 1. The highest BCUT2D eigenvalue weighted by Gasteiger charge is 2.25. The highest BCUT2D eigenvalue weighted by Crippen LogP contribution is 2.28. The van der Waals surface area contributed by atoms with Crippen LogP contribution in [0.1, 0.15) is 31.1 Å². The van der Waals surface area contributed by atoms with E-state index >= 15 is 0 Å². The molecule has 1 aromatic heterocycles. The molecule has 0 bridgehead atoms. The molecule has 0 saturated carbocycles. The van der Waals surface area contributed by atoms with E-state index in [1.807, 2.05) is 0 Å². The van der Waals surface area contributed by atoms with E-state index in [1.165, 1.54) is 11.8 Å². The number of nitrogens with one attached hydrogen (secondary N) is 3. The van der Waals surface area contributed by atoms with Crippen molar-refractivity contribution >= 4 is 52.6 Å². The molecule has 0 aliphatic heterocycles. The molecule has 8 nitrogen and oxygen atoms in total. The van der Waals surface area contributed by atoms with E-state index in [0.29, 0.717) is 10.6 Å². The lowest BCUT2D eigenvalue weighted by Crippen LogP contribution is -2.34. The van der Waals surface area contributed by atoms with Gasteiger partial charge >= 0.3 is 0 Å². The zero-order valence-electron chi connectivity index (χ0n) is 13.1. The molecule has 2 aromatic rings. The fraction of sp³-hybridized carbons (Fsp3) is 0.0667. The van der Waals surface area contributed by atoms with Crippen LogP contribution in [0, 0.1) is 0 Å². The summed E-state index contributed by atoms with van der Waals surface area (Å²) in [5.74, 6) is -2.00. The third kappa shape index (κ3) is 4.17. The summed E-state index contributed by atoms with van der Waals surface area (Å²) in [4.78, 5) is 38.2. The van der Waals surface area contributed by atoms with Crippen molar-refractivity contribution in [3.63, 3.8) is 0 Å². The minimum absolute atomic E-state index is 0.0281. The van der Waals surface area contributed by atoms with Crippen LogP contribution in [0.4, 0.5) is 5.82 Å². The van der Waals surface area contributed by atoms with Crippen molar-refractivity contribution in [2.24, 2.45) is 11.5 Å². The third-order valence-electron chi connectivity index (χ3n) is 3.16. The number of amides is 3. The third-order valence-corrected chi connectivity index (χ3v) is 4.08. The number of hydrogen-bond donors (Lipinski definition) is 5. The first-order valence-electron chi connectivity index (χ1n) is 6.92. The fourth-order valence-corrected chi connectivity index (χ4v) is 2.92. The van der Waals surface area contributed by atoms with Gasteiger partial charge in [-0.3, -0.25) is 19.7 Å². The number of thiocarbonyl (C=S) groups is 1. The average molecular weight is 377 g/mol. The van der Waals surface area contributed by atoms with E-state index in [0.717, 1.165) is 0 Å². The maximum atomic E-state index is 12.1. The maximum absolute atomic E-state index is 12.1. The number of aromatic nitrogens is 1. The maximum Gasteiger partial charge on any atom is 0.257 e. The number of hydrogen-bond acceptors (Lipinski definition) is 5. The first kappa shape index (κ1) is 18.5. The topological polar surface area (TPSA) is 143 Å². The summed E-state index contributed by atoms with van der Waals surface area (Å²) >= 11 is 6.25. The molecule has 0 radical (unpaired) electrons. The number of primary amides is 2. The Hall–Kier alpha value is -2.85. The normalized spacial score (nSPS) is 10.1. The Morgan fingerprint density at radius 3 is 2.20 bits per heavy atom. The standard InChI is InChI=1S/C15H15N5O3S2/c1-25-14-9(11(17)22)8(10(16)21)12(18-14)19-15(24)20-13(23)7-5-3-2-4-6-7/h2-6,18H,1H3,(H2,16,21)(H2,17,22)(H2,19,20,23,24). The molecule has 1 heterocycles. The molecule has 0 aliphatic rings. The molecular weight excluding hydrogens is 362 g/mol. The second-order valence-electron chi connectivity index (χ2n) is 4.79. The second kappa shape index (κ2) is 7.81. The minimum atomic E-state index is -0.856. The summed E-state index contributed by atoms with van der Waals surface area (Å²) in [5, 5.41) is 5.43. The van der Waals surface area contributed by atoms with Gasteiger partial charge < -0.3 is 21.8 Å². The number of H-pyrrole nitrogens is 1. The number of benzene rings is 1. The predicted molar refractivity (Wildman–Crippen MR) is 99.7 cm³/mol. The summed E-state index contributed by atoms with van der Waals surface area (Å²) in [6, 6.07) is 8.45. The second-order valence-corrected chi connectivity index (χ2v) is 6.01. The molecule has 2 rings (SSSR count). The van der Waals surface area contributed by atoms with Gasteiger partial charge in [-0.15, -0.1) is 11.8 Å². The van der Waals surface area contributed by atoms with Crippen LogP contribution in [0.3, 0.4) is 0 Å². The quantitative estimate of drug-likeness (QED) is 0.389. The van der Waals surface area contributed by atoms with Gasteiger partial charge in [-0.2, -0.15) is 0 Å². The molecule has 0 spiro atoms. The van der Waals surface area contributed by atoms with Gasteiger partial charge in [0.1, 0.15) is 5.82 Å². The first-order valence-corrected chi connectivity index (χ1v) is 8.55. The summed E-state index contributed by atoms with van der Waals surface area (Å²) in [7, 11) is 0. The molecule has 0 saturated heterocycles. The number of carbonyl (C=O) groups excluding carboxylic acids is 3. The first-order chi connectivity index (χ1) is 11.8. The lowest BCUT2D eigenvalue weighted by molar-refractivity contribution is 0.0966. The van der Waals surface area contributed by atoms with E-state index in [-0.39, 0.29) is 22.1 Å². The van der Waals surface area contributed by atoms with Crippen molar-refractivity contribution in [3.8, 4) is 0 Å². The Labute approximate surface area is 152 Å². The van der Waals surface area contributed by atoms with Crippen LogP contribution in [0.25, 0.3) is 0 Å². The van der Waals surface area contributed by atoms with Gasteiger partial charge in [-0.1, -0.05) is 18.2 Å². The van der Waals surface area contributed by atoms with Crippen LogP contribution in [-0.4, -0.2) is 34.1 Å². The number of carbonyl (C=O) groups is 3. The summed E-state index contributed by atoms with van der Waals surface area (Å²) in [6.45, 7) is 0. The smallest absolute Gasteiger partial charge is 0.257 e. The van der Waals surface area contributed by atoms with Gasteiger partial charge in [0.05, 0.1) is 16.2 Å². The summed E-state index contributed by atoms with van der Waals surface area (Å²) in [6.07, 6.45) is 1.70. The van der Waals surface area contributed by atoms with Crippen molar-refractivity contribution in [2.45, 2.75) is 5.03 Å². The van der Waals surface area contributed by atoms with E-state index in [4.69, 9.17) is 23.7 Å². The zero-order valence-corrected chi connectivity index (χ0v) is 14.7. The molecule has 0 unspecified atom stereocenters. The lowest BCUT2D eigenvalue weighted by atomic mass is 10.1.